The first kappa shape index (κ1) is 21.8. The van der Waals surface area contributed by atoms with Gasteiger partial charge in [-0.05, 0) is 76.5 Å². The van der Waals surface area contributed by atoms with Gasteiger partial charge in [0.1, 0.15) is 12.1 Å². The number of fused-ring (bicyclic) bond motifs is 2. The van der Waals surface area contributed by atoms with Crippen molar-refractivity contribution in [2.45, 2.75) is 88.5 Å². The molecule has 168 valence electrons. The molecule has 0 bridgehead atoms. The van der Waals surface area contributed by atoms with Gasteiger partial charge in [0.2, 0.25) is 17.7 Å². The molecule has 31 heavy (non-hydrogen) atoms. The average Bonchev–Trinajstić information content (AvgIpc) is 3.15. The van der Waals surface area contributed by atoms with Crippen LogP contribution in [0.1, 0.15) is 69.0 Å². The van der Waals surface area contributed by atoms with E-state index in [-0.39, 0.29) is 35.8 Å². The second-order valence-corrected chi connectivity index (χ2v) is 9.15. The molecule has 0 spiro atoms. The Labute approximate surface area is 184 Å². The minimum Gasteiger partial charge on any atom is -0.347 e. The van der Waals surface area contributed by atoms with Crippen molar-refractivity contribution in [2.75, 3.05) is 7.05 Å². The molecule has 4 rings (SSSR count). The molecule has 5 atom stereocenters. The largest absolute Gasteiger partial charge is 0.347 e. The number of aryl methyl sites for hydroxylation is 1. The summed E-state index contributed by atoms with van der Waals surface area (Å²) in [5.74, 6) is -0.354. The van der Waals surface area contributed by atoms with E-state index in [1.54, 1.807) is 18.9 Å². The Morgan fingerprint density at radius 2 is 1.77 bits per heavy atom. The zero-order valence-corrected chi connectivity index (χ0v) is 18.5. The minimum atomic E-state index is -0.558. The first-order chi connectivity index (χ1) is 15.0. The molecule has 3 aliphatic rings. The van der Waals surface area contributed by atoms with Crippen LogP contribution in [0.4, 0.5) is 0 Å². The molecule has 0 saturated carbocycles. The number of benzene rings is 1. The molecule has 0 radical (unpaired) electrons. The predicted molar refractivity (Wildman–Crippen MR) is 118 cm³/mol. The number of amides is 3. The van der Waals surface area contributed by atoms with Crippen LogP contribution in [-0.4, -0.2) is 53.8 Å². The summed E-state index contributed by atoms with van der Waals surface area (Å²) in [6.07, 6.45) is 6.93. The van der Waals surface area contributed by atoms with Crippen LogP contribution in [-0.2, 0) is 20.8 Å². The van der Waals surface area contributed by atoms with Gasteiger partial charge in [0.25, 0.3) is 0 Å². The Kier molecular flexibility index (Phi) is 6.60. The van der Waals surface area contributed by atoms with Crippen molar-refractivity contribution in [3.05, 3.63) is 35.4 Å². The lowest BCUT2D eigenvalue weighted by Gasteiger charge is -2.33. The lowest BCUT2D eigenvalue weighted by molar-refractivity contribution is -0.143. The molecule has 1 aromatic rings. The highest BCUT2D eigenvalue weighted by Crippen LogP contribution is 2.34. The lowest BCUT2D eigenvalue weighted by atomic mass is 9.87. The van der Waals surface area contributed by atoms with Gasteiger partial charge in [0.05, 0.1) is 12.1 Å². The second-order valence-electron chi connectivity index (χ2n) is 9.15. The fraction of sp³-hybridized carbons (Fsp3) is 0.625. The Bertz CT molecular complexity index is 842. The summed E-state index contributed by atoms with van der Waals surface area (Å²) in [4.78, 5) is 40.9. The van der Waals surface area contributed by atoms with E-state index in [1.807, 2.05) is 12.1 Å². The third kappa shape index (κ3) is 4.47. The first-order valence-corrected chi connectivity index (χ1v) is 11.7. The van der Waals surface area contributed by atoms with Gasteiger partial charge < -0.3 is 20.9 Å². The molecule has 2 saturated heterocycles. The highest BCUT2D eigenvalue weighted by atomic mass is 16.2. The Balaban J connectivity index is 1.47. The number of carbonyl (C=O) groups is 3. The quantitative estimate of drug-likeness (QED) is 0.670. The summed E-state index contributed by atoms with van der Waals surface area (Å²) in [5, 5.41) is 9.06. The topological polar surface area (TPSA) is 90.5 Å². The van der Waals surface area contributed by atoms with Gasteiger partial charge in [0.15, 0.2) is 0 Å². The van der Waals surface area contributed by atoms with E-state index in [4.69, 9.17) is 0 Å². The summed E-state index contributed by atoms with van der Waals surface area (Å²) in [6, 6.07) is 7.02. The van der Waals surface area contributed by atoms with Crippen LogP contribution in [0.3, 0.4) is 0 Å². The zero-order chi connectivity index (χ0) is 22.0. The van der Waals surface area contributed by atoms with Crippen molar-refractivity contribution < 1.29 is 14.4 Å². The van der Waals surface area contributed by atoms with Crippen LogP contribution < -0.4 is 16.0 Å². The number of likely N-dealkylation sites (N-methyl/N-ethyl adjacent to an activating group) is 1. The Morgan fingerprint density at radius 3 is 2.58 bits per heavy atom. The molecule has 3 amide bonds. The Hall–Kier alpha value is -2.41. The van der Waals surface area contributed by atoms with Crippen molar-refractivity contribution in [1.82, 2.24) is 20.9 Å². The molecule has 7 nitrogen and oxygen atoms in total. The number of carbonyl (C=O) groups excluding carboxylic acids is 3. The average molecular weight is 427 g/mol. The summed E-state index contributed by atoms with van der Waals surface area (Å²) < 4.78 is 0. The van der Waals surface area contributed by atoms with Crippen LogP contribution in [0.2, 0.25) is 0 Å². The molecule has 1 aromatic carbocycles. The predicted octanol–water partition coefficient (Wildman–Crippen LogP) is 1.82. The number of nitrogens with zero attached hydrogens (tertiary/aromatic N) is 1. The zero-order valence-electron chi connectivity index (χ0n) is 18.5. The summed E-state index contributed by atoms with van der Waals surface area (Å²) in [6.45, 7) is 1.77. The molecule has 7 heteroatoms. The Morgan fingerprint density at radius 1 is 1.00 bits per heavy atom. The van der Waals surface area contributed by atoms with Crippen molar-refractivity contribution in [3.63, 3.8) is 0 Å². The van der Waals surface area contributed by atoms with Crippen molar-refractivity contribution in [1.29, 1.82) is 0 Å². The molecular weight excluding hydrogens is 392 g/mol. The molecular formula is C24H34N4O3. The molecule has 0 unspecified atom stereocenters. The highest BCUT2D eigenvalue weighted by molar-refractivity contribution is 5.94. The van der Waals surface area contributed by atoms with Gasteiger partial charge in [0, 0.05) is 6.04 Å². The monoisotopic (exact) mass is 426 g/mol. The number of hydrogen-bond acceptors (Lipinski definition) is 4. The molecule has 3 N–H and O–H groups in total. The standard InChI is InChI=1S/C24H34N4O3/c1-15(25-2)22(29)27-20-12-6-9-17-13-14-21(28(17)24(20)31)23(30)26-19-11-5-8-16-7-3-4-10-18(16)19/h3-4,7,10,15,17,19-21,25H,5-6,8-9,11-14H2,1-2H3,(H,26,30)(H,27,29)/t15-,17+,19+,20-,21-/m0/s1. The molecule has 2 heterocycles. The van der Waals surface area contributed by atoms with Gasteiger partial charge in [-0.1, -0.05) is 24.3 Å². The van der Waals surface area contributed by atoms with Gasteiger partial charge in [-0.25, -0.2) is 0 Å². The van der Waals surface area contributed by atoms with E-state index in [0.717, 1.165) is 38.5 Å². The van der Waals surface area contributed by atoms with Crippen LogP contribution in [0, 0.1) is 0 Å². The van der Waals surface area contributed by atoms with E-state index < -0.39 is 12.1 Å². The first-order valence-electron chi connectivity index (χ1n) is 11.7. The van der Waals surface area contributed by atoms with Gasteiger partial charge >= 0.3 is 0 Å². The summed E-state index contributed by atoms with van der Waals surface area (Å²) in [7, 11) is 1.72. The molecule has 2 aliphatic heterocycles. The molecule has 2 fully saturated rings. The van der Waals surface area contributed by atoms with E-state index in [0.29, 0.717) is 12.8 Å². The second kappa shape index (κ2) is 9.39. The number of nitrogens with one attached hydrogen (secondary N) is 3. The summed E-state index contributed by atoms with van der Waals surface area (Å²) in [5.41, 5.74) is 2.50. The van der Waals surface area contributed by atoms with Gasteiger partial charge in [-0.3, -0.25) is 14.4 Å². The molecule has 0 aromatic heterocycles. The number of hydrogen-bond donors (Lipinski definition) is 3. The van der Waals surface area contributed by atoms with Crippen molar-refractivity contribution >= 4 is 17.7 Å². The maximum Gasteiger partial charge on any atom is 0.246 e. The fourth-order valence-corrected chi connectivity index (χ4v) is 5.35. The van der Waals surface area contributed by atoms with Gasteiger partial charge in [-0.2, -0.15) is 0 Å². The smallest absolute Gasteiger partial charge is 0.246 e. The molecule has 1 aliphatic carbocycles. The van der Waals surface area contributed by atoms with Gasteiger partial charge in [-0.15, -0.1) is 0 Å². The third-order valence-electron chi connectivity index (χ3n) is 7.22. The maximum atomic E-state index is 13.4. The van der Waals surface area contributed by atoms with Crippen LogP contribution in [0.25, 0.3) is 0 Å². The van der Waals surface area contributed by atoms with Crippen molar-refractivity contribution in [3.8, 4) is 0 Å². The van der Waals surface area contributed by atoms with Crippen molar-refractivity contribution in [2.24, 2.45) is 0 Å². The van der Waals surface area contributed by atoms with E-state index >= 15 is 0 Å². The van der Waals surface area contributed by atoms with Crippen LogP contribution in [0.5, 0.6) is 0 Å². The lowest BCUT2D eigenvalue weighted by Crippen LogP contribution is -2.56. The normalized spacial score (nSPS) is 28.8. The van der Waals surface area contributed by atoms with E-state index in [1.165, 1.54) is 11.1 Å². The van der Waals surface area contributed by atoms with Crippen LogP contribution in [0.15, 0.2) is 24.3 Å². The number of rotatable bonds is 5. The van der Waals surface area contributed by atoms with E-state index in [2.05, 4.69) is 28.1 Å². The SMILES string of the molecule is CN[C@@H](C)C(=O)N[C@H]1CCC[C@@H]2CC[C@@H](C(=O)N[C@@H]3CCCc4ccccc43)N2C1=O. The maximum absolute atomic E-state index is 13.4. The third-order valence-corrected chi connectivity index (χ3v) is 7.22. The summed E-state index contributed by atoms with van der Waals surface area (Å²) >= 11 is 0. The minimum absolute atomic E-state index is 0.00515. The fourth-order valence-electron chi connectivity index (χ4n) is 5.35. The highest BCUT2D eigenvalue weighted by Gasteiger charge is 2.45. The van der Waals surface area contributed by atoms with E-state index in [9.17, 15) is 14.4 Å². The van der Waals surface area contributed by atoms with Crippen LogP contribution >= 0.6 is 0 Å².